The molecule has 1 N–H and O–H groups in total. The van der Waals surface area contributed by atoms with E-state index >= 15 is 0 Å². The van der Waals surface area contributed by atoms with E-state index in [0.717, 1.165) is 62.3 Å². The molecule has 3 aromatic rings. The fourth-order valence-corrected chi connectivity index (χ4v) is 5.50. The highest BCUT2D eigenvalue weighted by atomic mass is 16.5. The Labute approximate surface area is 300 Å². The topological polar surface area (TPSA) is 69.6 Å². The lowest BCUT2D eigenvalue weighted by Crippen LogP contribution is -2.24. The van der Waals surface area contributed by atoms with Crippen LogP contribution in [0.25, 0.3) is 17.0 Å². The molecule has 3 rings (SSSR count). The van der Waals surface area contributed by atoms with Gasteiger partial charge in [-0.15, -0.1) is 0 Å². The van der Waals surface area contributed by atoms with Gasteiger partial charge in [-0.1, -0.05) is 91.0 Å². The molecule has 2 aromatic carbocycles. The van der Waals surface area contributed by atoms with E-state index in [1.54, 1.807) is 10.6 Å². The number of carbonyl (C=O) groups is 1. The number of rotatable bonds is 20. The molecule has 0 radical (unpaired) electrons. The third kappa shape index (κ3) is 13.7. The van der Waals surface area contributed by atoms with Crippen molar-refractivity contribution in [3.63, 3.8) is 0 Å². The van der Waals surface area contributed by atoms with Crippen LogP contribution < -0.4 is 20.3 Å². The molecule has 0 bridgehead atoms. The monoisotopic (exact) mass is 678 g/mol. The van der Waals surface area contributed by atoms with Gasteiger partial charge in [0.2, 0.25) is 11.7 Å². The molecule has 1 heterocycles. The van der Waals surface area contributed by atoms with Crippen molar-refractivity contribution in [3.05, 3.63) is 117 Å². The van der Waals surface area contributed by atoms with E-state index in [9.17, 15) is 9.59 Å². The number of aryl methyl sites for hydroxylation is 1. The summed E-state index contributed by atoms with van der Waals surface area (Å²) in [7, 11) is 0. The second kappa shape index (κ2) is 21.5. The van der Waals surface area contributed by atoms with Gasteiger partial charge in [-0.25, -0.2) is 0 Å². The minimum absolute atomic E-state index is 0.222. The highest BCUT2D eigenvalue weighted by molar-refractivity contribution is 6.03. The Morgan fingerprint density at radius 2 is 1.38 bits per heavy atom. The molecule has 0 spiro atoms. The van der Waals surface area contributed by atoms with Gasteiger partial charge in [0, 0.05) is 23.7 Å². The average molecular weight is 679 g/mol. The molecule has 0 aliphatic carbocycles. The maximum absolute atomic E-state index is 14.3. The Bertz CT molecular complexity index is 1750. The minimum Gasteiger partial charge on any atom is -0.485 e. The second-order valence-corrected chi connectivity index (χ2v) is 13.5. The van der Waals surface area contributed by atoms with Gasteiger partial charge in [0.25, 0.3) is 5.56 Å². The number of benzene rings is 2. The van der Waals surface area contributed by atoms with Crippen molar-refractivity contribution >= 4 is 28.6 Å². The Morgan fingerprint density at radius 3 is 1.98 bits per heavy atom. The van der Waals surface area contributed by atoms with Gasteiger partial charge in [0.15, 0.2) is 5.75 Å². The van der Waals surface area contributed by atoms with Crippen molar-refractivity contribution in [1.29, 1.82) is 0 Å². The third-order valence-corrected chi connectivity index (χ3v) is 8.41. The van der Waals surface area contributed by atoms with Crippen molar-refractivity contribution in [2.24, 2.45) is 0 Å². The van der Waals surface area contributed by atoms with Crippen molar-refractivity contribution in [3.8, 4) is 11.5 Å². The van der Waals surface area contributed by atoms with Crippen LogP contribution >= 0.6 is 0 Å². The van der Waals surface area contributed by atoms with Crippen LogP contribution in [0, 0.1) is 0 Å². The molecule has 50 heavy (non-hydrogen) atoms. The number of ether oxygens (including phenoxy) is 2. The van der Waals surface area contributed by atoms with Crippen LogP contribution in [-0.2, 0) is 11.3 Å². The quantitative estimate of drug-likeness (QED) is 0.0733. The molecule has 268 valence electrons. The number of pyridine rings is 1. The van der Waals surface area contributed by atoms with Crippen molar-refractivity contribution < 1.29 is 14.3 Å². The smallest absolute Gasteiger partial charge is 0.297 e. The molecule has 0 aliphatic heterocycles. The maximum Gasteiger partial charge on any atom is 0.297 e. The van der Waals surface area contributed by atoms with Gasteiger partial charge >= 0.3 is 0 Å². The molecule has 1 aromatic heterocycles. The zero-order chi connectivity index (χ0) is 36.3. The number of allylic oxidation sites excluding steroid dienone is 6. The van der Waals surface area contributed by atoms with Crippen molar-refractivity contribution in [1.82, 2.24) is 4.57 Å². The molecule has 0 atom stereocenters. The van der Waals surface area contributed by atoms with E-state index in [2.05, 4.69) is 72.0 Å². The summed E-state index contributed by atoms with van der Waals surface area (Å²) in [5.74, 6) is 0.405. The second-order valence-electron chi connectivity index (χ2n) is 13.5. The lowest BCUT2D eigenvalue weighted by atomic mass is 10.1. The van der Waals surface area contributed by atoms with Gasteiger partial charge in [-0.05, 0) is 116 Å². The summed E-state index contributed by atoms with van der Waals surface area (Å²) in [6, 6.07) is 15.3. The third-order valence-electron chi connectivity index (χ3n) is 8.41. The highest BCUT2D eigenvalue weighted by Gasteiger charge is 2.20. The normalized spacial score (nSPS) is 11.9. The summed E-state index contributed by atoms with van der Waals surface area (Å²) in [5.41, 5.74) is 7.07. The summed E-state index contributed by atoms with van der Waals surface area (Å²) in [6.07, 6.45) is 19.8. The number of nitrogens with zero attached hydrogens (tertiary/aromatic N) is 1. The first-order valence-electron chi connectivity index (χ1n) is 18.2. The van der Waals surface area contributed by atoms with Crippen LogP contribution in [0.1, 0.15) is 105 Å². The SMILES string of the molecule is CCCCCCn1c(=O)c(OC/C=C(\C)CCC=C(C)C)c(OC/C=C(\C)CCC=C(C)C)c2ccc(NC(=O)/C=C/c3ccccc3)cc21. The highest BCUT2D eigenvalue weighted by Crippen LogP contribution is 2.35. The van der Waals surface area contributed by atoms with E-state index < -0.39 is 0 Å². The number of anilines is 1. The van der Waals surface area contributed by atoms with Gasteiger partial charge in [0.1, 0.15) is 13.2 Å². The Morgan fingerprint density at radius 1 is 0.760 bits per heavy atom. The fourth-order valence-electron chi connectivity index (χ4n) is 5.50. The fraction of sp³-hybridized carbons (Fsp3) is 0.409. The zero-order valence-corrected chi connectivity index (χ0v) is 31.4. The largest absolute Gasteiger partial charge is 0.485 e. The molecule has 0 fully saturated rings. The predicted molar refractivity (Wildman–Crippen MR) is 212 cm³/mol. The number of fused-ring (bicyclic) bond motifs is 1. The van der Waals surface area contributed by atoms with E-state index in [1.807, 2.05) is 54.6 Å². The van der Waals surface area contributed by atoms with E-state index in [0.29, 0.717) is 30.1 Å². The number of unbranched alkanes of at least 4 members (excludes halogenated alkanes) is 3. The number of amides is 1. The number of aromatic nitrogens is 1. The lowest BCUT2D eigenvalue weighted by molar-refractivity contribution is -0.111. The van der Waals surface area contributed by atoms with Gasteiger partial charge in [0.05, 0.1) is 5.52 Å². The first-order chi connectivity index (χ1) is 24.1. The van der Waals surface area contributed by atoms with Crippen molar-refractivity contribution in [2.75, 3.05) is 18.5 Å². The Kier molecular flexibility index (Phi) is 17.1. The molecule has 0 saturated carbocycles. The van der Waals surface area contributed by atoms with Gasteiger partial charge < -0.3 is 19.4 Å². The molecule has 0 aliphatic rings. The summed E-state index contributed by atoms with van der Waals surface area (Å²) >= 11 is 0. The maximum atomic E-state index is 14.3. The first kappa shape index (κ1) is 39.9. The molecular formula is C44H58N2O4. The summed E-state index contributed by atoms with van der Waals surface area (Å²) in [5, 5.41) is 3.75. The van der Waals surface area contributed by atoms with Gasteiger partial charge in [-0.2, -0.15) is 0 Å². The summed E-state index contributed by atoms with van der Waals surface area (Å²) in [4.78, 5) is 27.2. The van der Waals surface area contributed by atoms with E-state index in [-0.39, 0.29) is 23.8 Å². The number of hydrogen-bond acceptors (Lipinski definition) is 4. The molecule has 1 amide bonds. The van der Waals surface area contributed by atoms with Crippen molar-refractivity contribution in [2.45, 2.75) is 106 Å². The van der Waals surface area contributed by atoms with Crippen LogP contribution in [-0.4, -0.2) is 23.7 Å². The van der Waals surface area contributed by atoms with Crippen LogP contribution in [0.5, 0.6) is 11.5 Å². The van der Waals surface area contributed by atoms with Crippen LogP contribution in [0.15, 0.2) is 106 Å². The predicted octanol–water partition coefficient (Wildman–Crippen LogP) is 11.4. The first-order valence-corrected chi connectivity index (χ1v) is 18.2. The molecular weight excluding hydrogens is 620 g/mol. The molecule has 6 heteroatoms. The Hall–Kier alpha value is -4.58. The van der Waals surface area contributed by atoms with E-state index in [1.165, 1.54) is 28.4 Å². The minimum atomic E-state index is -0.248. The molecule has 0 unspecified atom stereocenters. The van der Waals surface area contributed by atoms with E-state index in [4.69, 9.17) is 9.47 Å². The molecule has 0 saturated heterocycles. The van der Waals surface area contributed by atoms with Gasteiger partial charge in [-0.3, -0.25) is 9.59 Å². The zero-order valence-electron chi connectivity index (χ0n) is 31.4. The number of carbonyl (C=O) groups excluding carboxylic acids is 1. The standard InChI is InChI=1S/C44H58N2O4/c1-8-9-10-14-29-46-40-32-38(45-41(47)26-23-37-21-12-11-13-22-37)24-25-39(40)42(49-30-27-35(6)19-15-17-33(2)3)43(44(46)48)50-31-28-36(7)20-16-18-34(4)5/h11-13,17-18,21-28,32H,8-10,14-16,19-20,29-31H2,1-7H3,(H,45,47)/b26-23+,35-27+,36-28+. The number of hydrogen-bond donors (Lipinski definition) is 1. The van der Waals surface area contributed by atoms with Crippen LogP contribution in [0.3, 0.4) is 0 Å². The summed E-state index contributed by atoms with van der Waals surface area (Å²) < 4.78 is 14.5. The Balaban J connectivity index is 2.02. The number of nitrogens with one attached hydrogen (secondary N) is 1. The molecule has 6 nitrogen and oxygen atoms in total. The van der Waals surface area contributed by atoms with Crippen LogP contribution in [0.4, 0.5) is 5.69 Å². The summed E-state index contributed by atoms with van der Waals surface area (Å²) in [6.45, 7) is 15.9. The average Bonchev–Trinajstić information content (AvgIpc) is 3.08. The van der Waals surface area contributed by atoms with Crippen LogP contribution in [0.2, 0.25) is 0 Å². The lowest BCUT2D eigenvalue weighted by Gasteiger charge is -2.19.